The van der Waals surface area contributed by atoms with Crippen molar-refractivity contribution < 1.29 is 122 Å². The van der Waals surface area contributed by atoms with Gasteiger partial charge in [0, 0.05) is 34.6 Å². The van der Waals surface area contributed by atoms with Crippen molar-refractivity contribution >= 4 is 217 Å². The van der Waals surface area contributed by atoms with E-state index in [0.717, 1.165) is 10.7 Å². The van der Waals surface area contributed by atoms with Crippen LogP contribution in [0, 0.1) is 22.2 Å². The first-order valence-electron chi connectivity index (χ1n) is 32.3. The Kier molecular flexibility index (Phi) is 56.5. The third kappa shape index (κ3) is 40.7. The smallest absolute Gasteiger partial charge is 0.870 e. The summed E-state index contributed by atoms with van der Waals surface area (Å²) in [6, 6.07) is 35.2. The van der Waals surface area contributed by atoms with Gasteiger partial charge in [0.15, 0.2) is 0 Å². The van der Waals surface area contributed by atoms with Crippen LogP contribution in [0.25, 0.3) is 0 Å². The SMILES string of the molecule is BrB(Br)Br.COC(=O)c1ccc(NC(=O)c2cc(OC)c(Cl)c(OC(C)C)c2)cc1.COC(=O)c1ccc(OC#N)cc1.COc1cc(C(=O)Nc2ccc(C(=O)O)cc2)cc(OC(C)C)c1Cl.COc1cc(I)cc(O)c1Cl.COc1cc(I)cc(OC(C)C)c1Cl.COc1cc(I)cc(OC)c1Cl.[2H]CC.[2H]CF.[Li+].[OH-]. The van der Waals surface area contributed by atoms with Gasteiger partial charge in [0.1, 0.15) is 88.4 Å². The number of amides is 2. The molecule has 8 rings (SSSR count). The molecule has 5 N–H and O–H groups in total. The van der Waals surface area contributed by atoms with Crippen LogP contribution < -0.4 is 76.9 Å². The predicted molar refractivity (Wildman–Crippen MR) is 468 cm³/mol. The zero-order valence-electron chi connectivity index (χ0n) is 64.7. The van der Waals surface area contributed by atoms with Gasteiger partial charge in [-0.25, -0.2) is 14.4 Å². The quantitative estimate of drug-likeness (QED) is 0.0238. The van der Waals surface area contributed by atoms with Crippen LogP contribution in [0.5, 0.6) is 63.2 Å². The standard InChI is InChI=1S/C19H20ClNO5.C18H18ClNO5.C10H12ClIO2.C9H7NO3.C8H8ClIO2.C7H6ClIO2.C2H6.CH3F.BBr3.Li.H2O/c1-11(2)26-16-10-13(9-15(24-3)17(16)20)18(22)21-14-7-5-12(6-8-14)19(23)25-4;1-10(2)25-15-9-12(8-14(24-3)16(15)19)17(21)20-13-6-4-11(5-7-13)18(22)23;1-6(2)14-9-5-7(12)4-8(13-3)10(9)11;1-12-9(11)7-2-4-8(5-3-7)13-6-10;1-11-6-3-5(10)4-7(12-2)8(6)9;1-11-6-3-4(9)2-5(10)7(6)8;2*1-2;2-1(3)4;;/h5-11H,1-4H3,(H,21,22);4-10H,1-3H3,(H,20,21)(H,22,23);4-6H,1-3H3;2-5H,1H3;3-4H,1-2H3;2-3,10H,1H3;1-2H3;1H3;;;1H2/q;;;;;;;;;+1;/p-1/i;;;;;;2*1D;;;. The predicted octanol–water partition coefficient (Wildman–Crippen LogP) is 19.6. The van der Waals surface area contributed by atoms with Crippen LogP contribution in [0.15, 0.2) is 133 Å². The molecule has 0 spiro atoms. The summed E-state index contributed by atoms with van der Waals surface area (Å²) in [5.74, 6) is 2.28. The summed E-state index contributed by atoms with van der Waals surface area (Å²) in [6.07, 6.45) is 1.41. The molecule has 0 saturated heterocycles. The molecule has 0 aromatic heterocycles. The van der Waals surface area contributed by atoms with E-state index in [1.54, 1.807) is 70.7 Å². The van der Waals surface area contributed by atoms with Gasteiger partial charge in [-0.15, -0.1) is 52.5 Å². The fraction of sp³-hybridized carbons (Fsp3) is 0.270. The average molecular weight is 2170 g/mol. The summed E-state index contributed by atoms with van der Waals surface area (Å²) in [5, 5.41) is 33.6. The number of nitrogens with zero attached hydrogens (tertiary/aromatic N) is 1. The average Bonchev–Trinajstić information content (AvgIpc) is 0.821. The molecule has 0 saturated carbocycles. The van der Waals surface area contributed by atoms with E-state index in [1.807, 2.05) is 65.8 Å². The van der Waals surface area contributed by atoms with E-state index < -0.39 is 31.0 Å². The van der Waals surface area contributed by atoms with E-state index in [2.05, 4.69) is 140 Å². The molecular weight excluding hydrogens is 2090 g/mol. The Morgan fingerprint density at radius 1 is 0.477 bits per heavy atom. The molecule has 8 aromatic carbocycles. The number of phenolic OH excluding ortho intramolecular Hbond substituents is 1. The second-order valence-corrected chi connectivity index (χ2v) is 32.8. The van der Waals surface area contributed by atoms with E-state index in [0.29, 0.717) is 118 Å². The van der Waals surface area contributed by atoms with Gasteiger partial charge in [-0.05, 0) is 243 Å². The third-order valence-corrected chi connectivity index (χ3v) is 16.0. The second-order valence-electron chi connectivity index (χ2n) is 20.8. The first-order valence-corrected chi connectivity index (χ1v) is 38.8. The number of aromatic hydroxyl groups is 1. The topological polar surface area (TPSA) is 314 Å². The first kappa shape index (κ1) is 105. The van der Waals surface area contributed by atoms with Crippen LogP contribution in [0.2, 0.25) is 25.1 Å². The zero-order valence-corrected chi connectivity index (χ0v) is 77.7. The van der Waals surface area contributed by atoms with Crippen molar-refractivity contribution in [2.75, 3.05) is 74.7 Å². The van der Waals surface area contributed by atoms with E-state index in [1.165, 1.54) is 109 Å². The molecule has 0 unspecified atom stereocenters. The number of hydrogen-bond acceptors (Lipinski definition) is 20. The van der Waals surface area contributed by atoms with Crippen molar-refractivity contribution in [1.82, 2.24) is 0 Å². The number of carbonyl (C=O) groups is 5. The third-order valence-electron chi connectivity index (χ3n) is 12.3. The molecule has 0 radical (unpaired) electrons. The Bertz CT molecular complexity index is 4250. The van der Waals surface area contributed by atoms with E-state index in [-0.39, 0.29) is 68.1 Å². The minimum Gasteiger partial charge on any atom is -0.870 e. The molecule has 0 aliphatic carbocycles. The number of carboxylic acids is 1. The van der Waals surface area contributed by atoms with Gasteiger partial charge in [-0.1, -0.05) is 71.8 Å². The van der Waals surface area contributed by atoms with Gasteiger partial charge in [0.25, 0.3) is 18.1 Å². The summed E-state index contributed by atoms with van der Waals surface area (Å²) in [6.45, 7) is 13.6. The number of nitrogens with one attached hydrogen (secondary N) is 2. The molecule has 0 heterocycles. The monoisotopic (exact) mass is 2160 g/mol. The fourth-order valence-electron chi connectivity index (χ4n) is 7.69. The summed E-state index contributed by atoms with van der Waals surface area (Å²) in [4.78, 5) is 58.3. The maximum absolute atomic E-state index is 12.5. The van der Waals surface area contributed by atoms with Crippen molar-refractivity contribution in [3.63, 3.8) is 0 Å². The van der Waals surface area contributed by atoms with Gasteiger partial charge in [-0.3, -0.25) is 14.0 Å². The molecule has 111 heavy (non-hydrogen) atoms. The van der Waals surface area contributed by atoms with Crippen LogP contribution >= 0.6 is 173 Å². The van der Waals surface area contributed by atoms with Crippen molar-refractivity contribution in [3.05, 3.63) is 197 Å². The number of halogens is 12. The number of phenols is 1. The first-order chi connectivity index (χ1) is 52.4. The number of anilines is 2. The number of benzene rings is 8. The zero-order chi connectivity index (χ0) is 84.8. The van der Waals surface area contributed by atoms with E-state index in [9.17, 15) is 33.5 Å². The van der Waals surface area contributed by atoms with E-state index >= 15 is 0 Å². The minimum atomic E-state index is -1.03. The number of rotatable bonds is 20. The Hall–Kier alpha value is -5.97. The number of methoxy groups -OCH3 is 8. The molecule has 23 nitrogen and oxygen atoms in total. The summed E-state index contributed by atoms with van der Waals surface area (Å²) >= 11 is 45.9. The molecule has 0 atom stereocenters. The minimum absolute atomic E-state index is 0. The largest absolute Gasteiger partial charge is 1.00 e. The number of carbonyl (C=O) groups excluding carboxylic acids is 4. The van der Waals surface area contributed by atoms with Crippen molar-refractivity contribution in [3.8, 4) is 69.5 Å². The van der Waals surface area contributed by atoms with Crippen LogP contribution in [0.3, 0.4) is 0 Å². The summed E-state index contributed by atoms with van der Waals surface area (Å²) in [7, 11) is 10.8. The molecule has 37 heteroatoms. The molecule has 2 amide bonds. The van der Waals surface area contributed by atoms with Gasteiger partial charge in [0.05, 0.1) is 100 Å². The van der Waals surface area contributed by atoms with E-state index in [4.69, 9.17) is 114 Å². The molecule has 8 aromatic rings. The van der Waals surface area contributed by atoms with Crippen molar-refractivity contribution in [2.45, 2.75) is 73.7 Å². The molecule has 0 aliphatic rings. The van der Waals surface area contributed by atoms with Gasteiger partial charge in [-0.2, -0.15) is 0 Å². The van der Waals surface area contributed by atoms with Gasteiger partial charge in [0.2, 0.25) is 0 Å². The van der Waals surface area contributed by atoms with Gasteiger partial charge < -0.3 is 83.2 Å². The molecule has 600 valence electrons. The normalized spacial score (nSPS) is 9.70. The van der Waals surface area contributed by atoms with Crippen LogP contribution in [-0.4, -0.2) is 131 Å². The van der Waals surface area contributed by atoms with Gasteiger partial charge >= 0.3 is 40.0 Å². The molecule has 0 aliphatic heterocycles. The van der Waals surface area contributed by atoms with Crippen molar-refractivity contribution in [1.29, 1.82) is 5.26 Å². The number of ether oxygens (including phenoxy) is 12. The van der Waals surface area contributed by atoms with Crippen LogP contribution in [0.1, 0.15) is 110 Å². The summed E-state index contributed by atoms with van der Waals surface area (Å²) in [5.41, 5.74) is 2.59. The number of hydrogen-bond donors (Lipinski definition) is 4. The fourth-order valence-corrected chi connectivity index (χ4v) is 10.5. The number of esters is 2. The van der Waals surface area contributed by atoms with Crippen molar-refractivity contribution in [2.24, 2.45) is 0 Å². The Morgan fingerprint density at radius 2 is 0.721 bits per heavy atom. The Labute approximate surface area is 752 Å². The van der Waals surface area contributed by atoms with Crippen LogP contribution in [0.4, 0.5) is 15.8 Å². The molecular formula is C74H81BBr3Cl5FI3LiN3O20. The Balaban J connectivity index is -0.00000128. The number of nitriles is 1. The molecule has 0 fully saturated rings. The maximum Gasteiger partial charge on any atom is 1.00 e. The molecule has 0 bridgehead atoms. The maximum atomic E-state index is 12.5. The Morgan fingerprint density at radius 3 is 1.00 bits per heavy atom. The number of carboxylic acid groups (broad SMARTS) is 1. The van der Waals surface area contributed by atoms with Crippen LogP contribution in [-0.2, 0) is 9.47 Å². The summed E-state index contributed by atoms with van der Waals surface area (Å²) < 4.78 is 86.0. The number of aromatic carboxylic acids is 1. The second kappa shape index (κ2) is 59.7. The number of alkyl halides is 1.